The van der Waals surface area contributed by atoms with Gasteiger partial charge in [0, 0.05) is 12.1 Å². The van der Waals surface area contributed by atoms with E-state index in [2.05, 4.69) is 24.5 Å². The molecule has 1 fully saturated rings. The highest BCUT2D eigenvalue weighted by molar-refractivity contribution is 5.89. The number of urea groups is 1. The second-order valence-electron chi connectivity index (χ2n) is 5.63. The normalized spacial score (nSPS) is 26.1. The van der Waals surface area contributed by atoms with Gasteiger partial charge in [-0.2, -0.15) is 0 Å². The number of carbonyl (C=O) groups is 1. The molecule has 2 N–H and O–H groups in total. The van der Waals surface area contributed by atoms with Crippen molar-refractivity contribution < 1.29 is 13.6 Å². The number of nitrogens with one attached hydrogen (secondary N) is 2. The van der Waals surface area contributed by atoms with Crippen molar-refractivity contribution in [1.82, 2.24) is 5.32 Å². The predicted octanol–water partition coefficient (Wildman–Crippen LogP) is 3.91. The molecule has 2 atom stereocenters. The molecule has 2 rings (SSSR count). The van der Waals surface area contributed by atoms with Gasteiger partial charge in [-0.05, 0) is 36.8 Å². The van der Waals surface area contributed by atoms with Gasteiger partial charge in [0.1, 0.15) is 11.6 Å². The van der Waals surface area contributed by atoms with E-state index in [1.54, 1.807) is 0 Å². The molecule has 1 aliphatic rings. The molecular formula is C15H20F2N2O. The van der Waals surface area contributed by atoms with Crippen LogP contribution in [0.3, 0.4) is 0 Å². The highest BCUT2D eigenvalue weighted by atomic mass is 19.1. The summed E-state index contributed by atoms with van der Waals surface area (Å²) in [5.74, 6) is -0.627. The van der Waals surface area contributed by atoms with Gasteiger partial charge in [0.25, 0.3) is 0 Å². The van der Waals surface area contributed by atoms with Crippen LogP contribution in [0.1, 0.15) is 33.1 Å². The van der Waals surface area contributed by atoms with E-state index < -0.39 is 17.7 Å². The highest BCUT2D eigenvalue weighted by Crippen LogP contribution is 2.28. The molecular weight excluding hydrogens is 262 g/mol. The largest absolute Gasteiger partial charge is 0.335 e. The molecule has 0 radical (unpaired) electrons. The first-order chi connectivity index (χ1) is 9.47. The third-order valence-corrected chi connectivity index (χ3v) is 4.02. The Hall–Kier alpha value is -1.65. The van der Waals surface area contributed by atoms with Gasteiger partial charge in [0.2, 0.25) is 0 Å². The Morgan fingerprint density at radius 2 is 1.85 bits per heavy atom. The fourth-order valence-electron chi connectivity index (χ4n) is 2.87. The van der Waals surface area contributed by atoms with Crippen molar-refractivity contribution in [2.45, 2.75) is 39.2 Å². The molecule has 0 spiro atoms. The maximum absolute atomic E-state index is 13.5. The summed E-state index contributed by atoms with van der Waals surface area (Å²) in [4.78, 5) is 11.9. The second-order valence-corrected chi connectivity index (χ2v) is 5.63. The summed E-state index contributed by atoms with van der Waals surface area (Å²) < 4.78 is 26.3. The minimum absolute atomic E-state index is 0.0139. The third-order valence-electron chi connectivity index (χ3n) is 4.02. The average Bonchev–Trinajstić information content (AvgIpc) is 2.37. The number of halogens is 2. The van der Waals surface area contributed by atoms with E-state index >= 15 is 0 Å². The van der Waals surface area contributed by atoms with Crippen LogP contribution in [0.2, 0.25) is 0 Å². The molecule has 0 saturated heterocycles. The van der Waals surface area contributed by atoms with E-state index in [0.29, 0.717) is 11.8 Å². The summed E-state index contributed by atoms with van der Waals surface area (Å²) in [5.41, 5.74) is -0.0139. The van der Waals surface area contributed by atoms with E-state index in [1.165, 1.54) is 12.5 Å². The minimum Gasteiger partial charge on any atom is -0.335 e. The smallest absolute Gasteiger partial charge is 0.319 e. The van der Waals surface area contributed by atoms with Gasteiger partial charge in [-0.15, -0.1) is 0 Å². The van der Waals surface area contributed by atoms with Crippen molar-refractivity contribution in [2.75, 3.05) is 5.32 Å². The van der Waals surface area contributed by atoms with Crippen LogP contribution in [-0.2, 0) is 0 Å². The molecule has 0 aromatic heterocycles. The van der Waals surface area contributed by atoms with Gasteiger partial charge >= 0.3 is 6.03 Å². The van der Waals surface area contributed by atoms with Crippen LogP contribution in [0.5, 0.6) is 0 Å². The maximum atomic E-state index is 13.5. The quantitative estimate of drug-likeness (QED) is 0.848. The summed E-state index contributed by atoms with van der Waals surface area (Å²) in [6.45, 7) is 4.22. The van der Waals surface area contributed by atoms with Gasteiger partial charge in [0.15, 0.2) is 0 Å². The van der Waals surface area contributed by atoms with E-state index in [-0.39, 0.29) is 11.7 Å². The van der Waals surface area contributed by atoms with E-state index in [4.69, 9.17) is 0 Å². The predicted molar refractivity (Wildman–Crippen MR) is 74.5 cm³/mol. The van der Waals surface area contributed by atoms with Crippen molar-refractivity contribution in [3.63, 3.8) is 0 Å². The molecule has 2 unspecified atom stereocenters. The van der Waals surface area contributed by atoms with Crippen LogP contribution in [0.4, 0.5) is 19.3 Å². The van der Waals surface area contributed by atoms with Gasteiger partial charge < -0.3 is 10.6 Å². The summed E-state index contributed by atoms with van der Waals surface area (Å²) in [6.07, 6.45) is 3.34. The van der Waals surface area contributed by atoms with Gasteiger partial charge in [-0.25, -0.2) is 13.6 Å². The van der Waals surface area contributed by atoms with Crippen LogP contribution < -0.4 is 10.6 Å². The van der Waals surface area contributed by atoms with Crippen molar-refractivity contribution in [1.29, 1.82) is 0 Å². The molecule has 5 heteroatoms. The van der Waals surface area contributed by atoms with Crippen molar-refractivity contribution in [3.8, 4) is 0 Å². The average molecular weight is 282 g/mol. The van der Waals surface area contributed by atoms with Crippen LogP contribution >= 0.6 is 0 Å². The molecule has 20 heavy (non-hydrogen) atoms. The SMILES string of the molecule is CC1CCCC(C)C1NC(=O)Nc1ccc(F)cc1F. The Labute approximate surface area is 117 Å². The lowest BCUT2D eigenvalue weighted by atomic mass is 9.79. The molecule has 0 aliphatic heterocycles. The fourth-order valence-corrected chi connectivity index (χ4v) is 2.87. The third kappa shape index (κ3) is 3.46. The van der Waals surface area contributed by atoms with Crippen LogP contribution in [0, 0.1) is 23.5 Å². The molecule has 1 saturated carbocycles. The fraction of sp³-hybridized carbons (Fsp3) is 0.533. The summed E-state index contributed by atoms with van der Waals surface area (Å²) in [5, 5.41) is 5.33. The Morgan fingerprint density at radius 3 is 2.45 bits per heavy atom. The number of carbonyl (C=O) groups excluding carboxylic acids is 1. The number of benzene rings is 1. The number of hydrogen-bond donors (Lipinski definition) is 2. The molecule has 0 bridgehead atoms. The Kier molecular flexibility index (Phi) is 4.57. The maximum Gasteiger partial charge on any atom is 0.319 e. The van der Waals surface area contributed by atoms with Crippen LogP contribution in [0.25, 0.3) is 0 Å². The van der Waals surface area contributed by atoms with E-state index in [0.717, 1.165) is 25.0 Å². The zero-order valence-corrected chi connectivity index (χ0v) is 11.7. The van der Waals surface area contributed by atoms with Crippen molar-refractivity contribution in [3.05, 3.63) is 29.8 Å². The lowest BCUT2D eigenvalue weighted by Gasteiger charge is -2.35. The van der Waals surface area contributed by atoms with E-state index in [9.17, 15) is 13.6 Å². The minimum atomic E-state index is -0.773. The molecule has 110 valence electrons. The highest BCUT2D eigenvalue weighted by Gasteiger charge is 2.29. The molecule has 1 aromatic rings. The van der Waals surface area contributed by atoms with Gasteiger partial charge in [-0.3, -0.25) is 0 Å². The van der Waals surface area contributed by atoms with Crippen LogP contribution in [-0.4, -0.2) is 12.1 Å². The zero-order valence-electron chi connectivity index (χ0n) is 11.7. The number of amides is 2. The summed E-state index contributed by atoms with van der Waals surface area (Å²) in [7, 11) is 0. The first-order valence-electron chi connectivity index (χ1n) is 7.00. The lowest BCUT2D eigenvalue weighted by molar-refractivity contribution is 0.201. The Bertz CT molecular complexity index is 483. The zero-order chi connectivity index (χ0) is 14.7. The number of rotatable bonds is 2. The van der Waals surface area contributed by atoms with E-state index in [1.807, 2.05) is 0 Å². The summed E-state index contributed by atoms with van der Waals surface area (Å²) in [6, 6.07) is 2.73. The van der Waals surface area contributed by atoms with Gasteiger partial charge in [-0.1, -0.05) is 20.3 Å². The number of hydrogen-bond acceptors (Lipinski definition) is 1. The Morgan fingerprint density at radius 1 is 1.20 bits per heavy atom. The summed E-state index contributed by atoms with van der Waals surface area (Å²) >= 11 is 0. The van der Waals surface area contributed by atoms with Crippen LogP contribution in [0.15, 0.2) is 18.2 Å². The topological polar surface area (TPSA) is 41.1 Å². The van der Waals surface area contributed by atoms with Gasteiger partial charge in [0.05, 0.1) is 5.69 Å². The molecule has 1 aromatic carbocycles. The molecule has 1 aliphatic carbocycles. The number of anilines is 1. The molecule has 3 nitrogen and oxygen atoms in total. The standard InChI is InChI=1S/C15H20F2N2O/c1-9-4-3-5-10(2)14(9)19-15(20)18-13-7-6-11(16)8-12(13)17/h6-10,14H,3-5H2,1-2H3,(H2,18,19,20). The van der Waals surface area contributed by atoms with Crippen molar-refractivity contribution >= 4 is 11.7 Å². The first kappa shape index (κ1) is 14.8. The second kappa shape index (κ2) is 6.20. The lowest BCUT2D eigenvalue weighted by Crippen LogP contribution is -2.47. The molecule has 0 heterocycles. The molecule has 2 amide bonds. The Balaban J connectivity index is 1.98. The monoisotopic (exact) mass is 282 g/mol. The first-order valence-corrected chi connectivity index (χ1v) is 7.00. The van der Waals surface area contributed by atoms with Crippen molar-refractivity contribution in [2.24, 2.45) is 11.8 Å².